The van der Waals surface area contributed by atoms with Gasteiger partial charge in [0.05, 0.1) is 46.9 Å². The molecule has 1 aromatic carbocycles. The van der Waals surface area contributed by atoms with Crippen LogP contribution in [0.5, 0.6) is 0 Å². The highest BCUT2D eigenvalue weighted by molar-refractivity contribution is 6.06. The van der Waals surface area contributed by atoms with Crippen molar-refractivity contribution in [1.29, 1.82) is 0 Å². The first-order valence-electron chi connectivity index (χ1n) is 8.99. The number of likely N-dealkylation sites (N-methyl/N-ethyl adjacent to an activating group) is 1. The Balaban J connectivity index is 1.62. The maximum absolute atomic E-state index is 13.8. The highest BCUT2D eigenvalue weighted by Gasteiger charge is 2.24. The number of amides is 1. The molecule has 8 nitrogen and oxygen atoms in total. The number of aromatic amines is 1. The van der Waals surface area contributed by atoms with Gasteiger partial charge in [0.1, 0.15) is 5.82 Å². The zero-order valence-corrected chi connectivity index (χ0v) is 15.5. The number of benzene rings is 1. The quantitative estimate of drug-likeness (QED) is 0.576. The molecule has 142 valence electrons. The number of aromatic nitrogens is 5. The fraction of sp³-hybridized carbons (Fsp3) is 0.263. The second-order valence-electron chi connectivity index (χ2n) is 7.00. The summed E-state index contributed by atoms with van der Waals surface area (Å²) in [5.74, 6) is 0.285. The van der Waals surface area contributed by atoms with Gasteiger partial charge >= 0.3 is 0 Å². The number of nitrogens with one attached hydrogen (secondary N) is 1. The van der Waals surface area contributed by atoms with E-state index in [0.29, 0.717) is 19.0 Å². The average molecular weight is 379 g/mol. The van der Waals surface area contributed by atoms with Gasteiger partial charge < -0.3 is 14.4 Å². The van der Waals surface area contributed by atoms with Gasteiger partial charge in [0, 0.05) is 25.5 Å². The predicted octanol–water partition coefficient (Wildman–Crippen LogP) is 2.02. The molecule has 0 spiro atoms. The van der Waals surface area contributed by atoms with Gasteiger partial charge in [-0.3, -0.25) is 9.89 Å². The highest BCUT2D eigenvalue weighted by atomic mass is 19.1. The molecule has 5 rings (SSSR count). The molecule has 4 heterocycles. The van der Waals surface area contributed by atoms with Gasteiger partial charge in [0.15, 0.2) is 0 Å². The molecule has 0 radical (unpaired) electrons. The Kier molecular flexibility index (Phi) is 3.58. The zero-order valence-electron chi connectivity index (χ0n) is 15.5. The van der Waals surface area contributed by atoms with Crippen molar-refractivity contribution in [2.24, 2.45) is 0 Å². The summed E-state index contributed by atoms with van der Waals surface area (Å²) < 4.78 is 15.7. The largest absolute Gasteiger partial charge is 0.342 e. The normalized spacial score (nSPS) is 15.2. The summed E-state index contributed by atoms with van der Waals surface area (Å²) in [6.45, 7) is 3.51. The first-order valence-corrected chi connectivity index (χ1v) is 8.99. The van der Waals surface area contributed by atoms with E-state index in [-0.39, 0.29) is 18.3 Å². The average Bonchev–Trinajstić information content (AvgIpc) is 3.25. The number of fused-ring (bicyclic) bond motifs is 3. The molecule has 0 bridgehead atoms. The van der Waals surface area contributed by atoms with Crippen molar-refractivity contribution in [3.8, 4) is 5.69 Å². The van der Waals surface area contributed by atoms with E-state index in [1.54, 1.807) is 30.4 Å². The summed E-state index contributed by atoms with van der Waals surface area (Å²) >= 11 is 0. The van der Waals surface area contributed by atoms with Gasteiger partial charge in [0.25, 0.3) is 0 Å². The molecular weight excluding hydrogens is 361 g/mol. The summed E-state index contributed by atoms with van der Waals surface area (Å²) in [6, 6.07) is 4.67. The zero-order chi connectivity index (χ0) is 19.4. The molecule has 4 aromatic rings. The molecule has 3 aromatic heterocycles. The highest BCUT2D eigenvalue weighted by Crippen LogP contribution is 2.32. The van der Waals surface area contributed by atoms with Crippen LogP contribution in [0.25, 0.3) is 27.6 Å². The fourth-order valence-electron chi connectivity index (χ4n) is 3.69. The van der Waals surface area contributed by atoms with Crippen molar-refractivity contribution in [3.63, 3.8) is 0 Å². The molecule has 1 amide bonds. The van der Waals surface area contributed by atoms with Crippen LogP contribution in [0.2, 0.25) is 0 Å². The molecule has 0 saturated carbocycles. The van der Waals surface area contributed by atoms with E-state index >= 15 is 0 Å². The molecule has 28 heavy (non-hydrogen) atoms. The number of anilines is 1. The molecule has 1 saturated heterocycles. The predicted molar refractivity (Wildman–Crippen MR) is 103 cm³/mol. The lowest BCUT2D eigenvalue weighted by molar-refractivity contribution is -0.129. The Bertz CT molecular complexity index is 1230. The van der Waals surface area contributed by atoms with Crippen LogP contribution in [0.3, 0.4) is 0 Å². The van der Waals surface area contributed by atoms with Gasteiger partial charge in [-0.05, 0) is 25.1 Å². The number of carbonyl (C=O) groups is 1. The van der Waals surface area contributed by atoms with Crippen molar-refractivity contribution in [3.05, 3.63) is 42.1 Å². The van der Waals surface area contributed by atoms with E-state index < -0.39 is 0 Å². The molecule has 1 aliphatic heterocycles. The monoisotopic (exact) mass is 379 g/mol. The number of piperazine rings is 1. The maximum Gasteiger partial charge on any atom is 0.242 e. The molecule has 9 heteroatoms. The summed E-state index contributed by atoms with van der Waals surface area (Å²) in [5.41, 5.74) is 4.00. The lowest BCUT2D eigenvalue weighted by atomic mass is 10.2. The van der Waals surface area contributed by atoms with Gasteiger partial charge in [0.2, 0.25) is 11.9 Å². The van der Waals surface area contributed by atoms with Crippen LogP contribution in [0.4, 0.5) is 10.3 Å². The van der Waals surface area contributed by atoms with E-state index in [1.807, 2.05) is 16.4 Å². The van der Waals surface area contributed by atoms with Crippen molar-refractivity contribution in [2.75, 3.05) is 31.6 Å². The van der Waals surface area contributed by atoms with Crippen molar-refractivity contribution in [1.82, 2.24) is 29.6 Å². The van der Waals surface area contributed by atoms with Gasteiger partial charge in [-0.15, -0.1) is 0 Å². The Morgan fingerprint density at radius 1 is 1.18 bits per heavy atom. The van der Waals surface area contributed by atoms with E-state index in [2.05, 4.69) is 20.2 Å². The molecule has 0 unspecified atom stereocenters. The van der Waals surface area contributed by atoms with Crippen LogP contribution in [0, 0.1) is 12.7 Å². The topological polar surface area (TPSA) is 82.9 Å². The second-order valence-corrected chi connectivity index (χ2v) is 7.00. The summed E-state index contributed by atoms with van der Waals surface area (Å²) in [4.78, 5) is 24.7. The summed E-state index contributed by atoms with van der Waals surface area (Å²) in [7, 11) is 1.80. The number of rotatable bonds is 2. The van der Waals surface area contributed by atoms with Gasteiger partial charge in [-0.1, -0.05) is 0 Å². The number of nitrogens with zero attached hydrogens (tertiary/aromatic N) is 6. The maximum atomic E-state index is 13.8. The van der Waals surface area contributed by atoms with E-state index in [4.69, 9.17) is 0 Å². The van der Waals surface area contributed by atoms with E-state index in [9.17, 15) is 9.18 Å². The number of hydrogen-bond donors (Lipinski definition) is 1. The summed E-state index contributed by atoms with van der Waals surface area (Å²) in [6.07, 6.45) is 3.45. The van der Waals surface area contributed by atoms with Crippen LogP contribution in [0.15, 0.2) is 30.6 Å². The van der Waals surface area contributed by atoms with Crippen molar-refractivity contribution < 1.29 is 9.18 Å². The molecule has 1 fully saturated rings. The van der Waals surface area contributed by atoms with Crippen LogP contribution in [-0.2, 0) is 4.79 Å². The Hall–Kier alpha value is -3.49. The standard InChI is InChI=1S/C19H18FN7O/c1-11-15(8-21-19(23-11)26-6-5-25(2)17(28)10-26)27-14-4-3-12(20)7-13(14)18-16(27)9-22-24-18/h3-4,7-9H,5-6,10H2,1-2H3,(H,22,24). The molecule has 0 aliphatic carbocycles. The van der Waals surface area contributed by atoms with Gasteiger partial charge in [-0.25, -0.2) is 14.4 Å². The molecule has 1 N–H and O–H groups in total. The van der Waals surface area contributed by atoms with Crippen LogP contribution in [0.1, 0.15) is 5.69 Å². The molecule has 1 aliphatic rings. The first kappa shape index (κ1) is 16.7. The van der Waals surface area contributed by atoms with Gasteiger partial charge in [-0.2, -0.15) is 5.10 Å². The minimum Gasteiger partial charge on any atom is -0.342 e. The van der Waals surface area contributed by atoms with Crippen molar-refractivity contribution in [2.45, 2.75) is 6.92 Å². The van der Waals surface area contributed by atoms with Crippen LogP contribution >= 0.6 is 0 Å². The lowest BCUT2D eigenvalue weighted by Crippen LogP contribution is -2.49. The minimum atomic E-state index is -0.302. The number of carbonyl (C=O) groups excluding carboxylic acids is 1. The molecular formula is C19H18FN7O. The first-order chi connectivity index (χ1) is 13.5. The number of halogens is 1. The Morgan fingerprint density at radius 3 is 2.82 bits per heavy atom. The smallest absolute Gasteiger partial charge is 0.242 e. The molecule has 0 atom stereocenters. The Morgan fingerprint density at radius 2 is 2.04 bits per heavy atom. The van der Waals surface area contributed by atoms with Crippen molar-refractivity contribution >= 4 is 33.8 Å². The lowest BCUT2D eigenvalue weighted by Gasteiger charge is -2.32. The summed E-state index contributed by atoms with van der Waals surface area (Å²) in [5, 5.41) is 7.80. The Labute approximate surface area is 159 Å². The number of H-pyrrole nitrogens is 1. The second kappa shape index (κ2) is 6.01. The van der Waals surface area contributed by atoms with E-state index in [1.165, 1.54) is 12.1 Å². The third kappa shape index (κ3) is 2.43. The third-order valence-electron chi connectivity index (χ3n) is 5.25. The van der Waals surface area contributed by atoms with Crippen LogP contribution < -0.4 is 4.90 Å². The van der Waals surface area contributed by atoms with E-state index in [0.717, 1.165) is 33.3 Å². The number of aryl methyl sites for hydroxylation is 1. The van der Waals surface area contributed by atoms with Crippen LogP contribution in [-0.4, -0.2) is 62.2 Å². The SMILES string of the molecule is Cc1nc(N2CCN(C)C(=O)C2)ncc1-n1c2ccc(F)cc2c2[nH]ncc21. The number of hydrogen-bond acceptors (Lipinski definition) is 5. The minimum absolute atomic E-state index is 0.0510. The fourth-order valence-corrected chi connectivity index (χ4v) is 3.69. The third-order valence-corrected chi connectivity index (χ3v) is 5.25.